The molecule has 1 fully saturated rings. The van der Waals surface area contributed by atoms with E-state index >= 15 is 0 Å². The molecule has 0 bridgehead atoms. The van der Waals surface area contributed by atoms with Crippen molar-refractivity contribution in [2.24, 2.45) is 0 Å². The predicted molar refractivity (Wildman–Crippen MR) is 167 cm³/mol. The van der Waals surface area contributed by atoms with Crippen molar-refractivity contribution in [1.82, 2.24) is 10.2 Å². The quantitative estimate of drug-likeness (QED) is 0.284. The number of carbonyl (C=O) groups excluding carboxylic acids is 2. The predicted octanol–water partition coefficient (Wildman–Crippen LogP) is 5.60. The average molecular weight is 589 g/mol. The number of anilines is 2. The molecule has 10 heteroatoms. The third-order valence-electron chi connectivity index (χ3n) is 6.99. The van der Waals surface area contributed by atoms with Gasteiger partial charge in [0.25, 0.3) is 11.8 Å². The largest absolute Gasteiger partial charge is 0.496 e. The van der Waals surface area contributed by atoms with Crippen LogP contribution in [-0.4, -0.2) is 62.2 Å². The highest BCUT2D eigenvalue weighted by Crippen LogP contribution is 2.27. The Bertz CT molecular complexity index is 1600. The Kier molecular flexibility index (Phi) is 8.56. The van der Waals surface area contributed by atoms with Gasteiger partial charge in [-0.2, -0.15) is 0 Å². The number of halogens is 1. The molecule has 210 valence electrons. The number of fused-ring (bicyclic) bond motifs is 1. The summed E-state index contributed by atoms with van der Waals surface area (Å²) in [6.45, 7) is 2.51. The molecule has 1 aliphatic rings. The van der Waals surface area contributed by atoms with E-state index in [9.17, 15) is 9.59 Å². The van der Waals surface area contributed by atoms with Crippen molar-refractivity contribution in [1.29, 1.82) is 0 Å². The highest BCUT2D eigenvalue weighted by atomic mass is 35.5. The summed E-state index contributed by atoms with van der Waals surface area (Å²) in [6, 6.07) is 24.2. The van der Waals surface area contributed by atoms with Crippen LogP contribution in [-0.2, 0) is 0 Å². The second-order valence-electron chi connectivity index (χ2n) is 9.48. The molecular formula is C31H29ClN4O4S. The maximum atomic E-state index is 13.1. The van der Waals surface area contributed by atoms with Crippen LogP contribution in [0.4, 0.5) is 11.4 Å². The van der Waals surface area contributed by atoms with Crippen molar-refractivity contribution in [2.45, 2.75) is 0 Å². The Morgan fingerprint density at radius 3 is 2.12 bits per heavy atom. The van der Waals surface area contributed by atoms with Gasteiger partial charge in [0.1, 0.15) is 11.5 Å². The number of rotatable bonds is 6. The summed E-state index contributed by atoms with van der Waals surface area (Å²) in [5, 5.41) is 8.40. The molecule has 8 nitrogen and oxygen atoms in total. The van der Waals surface area contributed by atoms with Crippen LogP contribution >= 0.6 is 23.8 Å². The second kappa shape index (κ2) is 12.4. The molecule has 4 aromatic rings. The van der Waals surface area contributed by atoms with Crippen LogP contribution in [0.15, 0.2) is 78.9 Å². The number of piperazine rings is 1. The average Bonchev–Trinajstić information content (AvgIpc) is 3.00. The lowest BCUT2D eigenvalue weighted by atomic mass is 10.1. The number of hydrogen-bond acceptors (Lipinski definition) is 6. The Balaban J connectivity index is 1.17. The first-order valence-electron chi connectivity index (χ1n) is 13.0. The van der Waals surface area contributed by atoms with Gasteiger partial charge in [-0.15, -0.1) is 0 Å². The van der Waals surface area contributed by atoms with Crippen molar-refractivity contribution in [3.63, 3.8) is 0 Å². The van der Waals surface area contributed by atoms with E-state index in [0.29, 0.717) is 53.8 Å². The second-order valence-corrected chi connectivity index (χ2v) is 10.3. The van der Waals surface area contributed by atoms with Crippen LogP contribution in [0.2, 0.25) is 5.02 Å². The van der Waals surface area contributed by atoms with Crippen molar-refractivity contribution in [3.8, 4) is 11.5 Å². The molecule has 1 saturated heterocycles. The zero-order valence-corrected chi connectivity index (χ0v) is 24.2. The molecule has 0 aromatic heterocycles. The number of hydrogen-bond donors (Lipinski definition) is 2. The van der Waals surface area contributed by atoms with Crippen LogP contribution in [0.1, 0.15) is 20.7 Å². The normalized spacial score (nSPS) is 13.0. The van der Waals surface area contributed by atoms with Gasteiger partial charge in [0.05, 0.1) is 25.3 Å². The number of nitrogens with zero attached hydrogens (tertiary/aromatic N) is 2. The van der Waals surface area contributed by atoms with E-state index in [1.165, 1.54) is 7.11 Å². The number of methoxy groups -OCH3 is 2. The number of carbonyl (C=O) groups is 2. The van der Waals surface area contributed by atoms with Crippen molar-refractivity contribution >= 4 is 62.9 Å². The van der Waals surface area contributed by atoms with Crippen LogP contribution in [0.3, 0.4) is 0 Å². The Labute approximate surface area is 248 Å². The monoisotopic (exact) mass is 588 g/mol. The summed E-state index contributed by atoms with van der Waals surface area (Å²) < 4.78 is 10.8. The van der Waals surface area contributed by atoms with E-state index < -0.39 is 0 Å². The summed E-state index contributed by atoms with van der Waals surface area (Å²) >= 11 is 11.5. The third-order valence-corrected chi connectivity index (χ3v) is 7.43. The minimum absolute atomic E-state index is 0.0968. The number of thiocarbonyl (C=S) groups is 1. The molecule has 2 N–H and O–H groups in total. The van der Waals surface area contributed by atoms with Crippen LogP contribution in [0.5, 0.6) is 11.5 Å². The Morgan fingerprint density at radius 1 is 0.805 bits per heavy atom. The summed E-state index contributed by atoms with van der Waals surface area (Å²) in [5.74, 6) is 0.530. The van der Waals surface area contributed by atoms with E-state index in [1.807, 2.05) is 59.5 Å². The topological polar surface area (TPSA) is 83.1 Å². The zero-order valence-electron chi connectivity index (χ0n) is 22.6. The first-order valence-corrected chi connectivity index (χ1v) is 13.8. The molecule has 1 aliphatic heterocycles. The minimum Gasteiger partial charge on any atom is -0.496 e. The van der Waals surface area contributed by atoms with E-state index in [4.69, 9.17) is 33.3 Å². The number of ether oxygens (including phenoxy) is 2. The van der Waals surface area contributed by atoms with E-state index in [1.54, 1.807) is 31.4 Å². The van der Waals surface area contributed by atoms with Crippen molar-refractivity contribution in [3.05, 3.63) is 95.0 Å². The fourth-order valence-corrected chi connectivity index (χ4v) is 5.22. The molecule has 41 heavy (non-hydrogen) atoms. The van der Waals surface area contributed by atoms with E-state index in [2.05, 4.69) is 15.5 Å². The molecule has 5 rings (SSSR count). The fourth-order valence-electron chi connectivity index (χ4n) is 4.84. The number of nitrogens with one attached hydrogen (secondary N) is 2. The van der Waals surface area contributed by atoms with Crippen molar-refractivity contribution in [2.75, 3.05) is 50.6 Å². The molecule has 0 unspecified atom stereocenters. The van der Waals surface area contributed by atoms with Crippen molar-refractivity contribution < 1.29 is 19.1 Å². The first-order chi connectivity index (χ1) is 19.9. The van der Waals surface area contributed by atoms with Gasteiger partial charge < -0.3 is 24.6 Å². The smallest absolute Gasteiger partial charge is 0.261 e. The molecule has 1 heterocycles. The summed E-state index contributed by atoms with van der Waals surface area (Å²) in [6.07, 6.45) is 0. The molecule has 0 radical (unpaired) electrons. The maximum Gasteiger partial charge on any atom is 0.261 e. The van der Waals surface area contributed by atoms with Gasteiger partial charge in [0.2, 0.25) is 0 Å². The third kappa shape index (κ3) is 6.37. The van der Waals surface area contributed by atoms with Gasteiger partial charge in [0, 0.05) is 42.6 Å². The van der Waals surface area contributed by atoms with Crippen LogP contribution in [0.25, 0.3) is 10.8 Å². The van der Waals surface area contributed by atoms with E-state index in [0.717, 1.165) is 22.1 Å². The SMILES string of the molecule is COc1cc2ccccc2cc1C(=O)NC(=S)Nc1ccc(N2CCN(C(=O)c3cc(Cl)ccc3OC)CC2)cc1. The van der Waals surface area contributed by atoms with E-state index in [-0.39, 0.29) is 16.9 Å². The summed E-state index contributed by atoms with van der Waals surface area (Å²) in [7, 11) is 3.08. The molecule has 4 aromatic carbocycles. The molecule has 0 atom stereocenters. The highest BCUT2D eigenvalue weighted by molar-refractivity contribution is 7.80. The lowest BCUT2D eigenvalue weighted by Gasteiger charge is -2.36. The maximum absolute atomic E-state index is 13.1. The first kappa shape index (κ1) is 28.2. The van der Waals surface area contributed by atoms with Crippen LogP contribution < -0.4 is 25.0 Å². The van der Waals surface area contributed by atoms with Gasteiger partial charge in [-0.05, 0) is 77.6 Å². The minimum atomic E-state index is -0.357. The molecule has 0 aliphatic carbocycles. The summed E-state index contributed by atoms with van der Waals surface area (Å²) in [4.78, 5) is 30.1. The Hall–Kier alpha value is -4.34. The summed E-state index contributed by atoms with van der Waals surface area (Å²) in [5.41, 5.74) is 2.63. The molecule has 0 saturated carbocycles. The number of benzene rings is 4. The molecule has 2 amide bonds. The highest BCUT2D eigenvalue weighted by Gasteiger charge is 2.25. The lowest BCUT2D eigenvalue weighted by molar-refractivity contribution is 0.0743. The van der Waals surface area contributed by atoms with Gasteiger partial charge in [-0.25, -0.2) is 0 Å². The van der Waals surface area contributed by atoms with Gasteiger partial charge in [0.15, 0.2) is 5.11 Å². The zero-order chi connectivity index (χ0) is 28.9. The van der Waals surface area contributed by atoms with Gasteiger partial charge >= 0.3 is 0 Å². The fraction of sp³-hybridized carbons (Fsp3) is 0.194. The van der Waals surface area contributed by atoms with Gasteiger partial charge in [-0.3, -0.25) is 14.9 Å². The molecule has 0 spiro atoms. The molecular weight excluding hydrogens is 560 g/mol. The van der Waals surface area contributed by atoms with Crippen LogP contribution in [0, 0.1) is 0 Å². The standard InChI is InChI=1S/C31H29ClN4O4S/c1-39-27-12-7-22(32)19-26(27)30(38)36-15-13-35(14-16-36)24-10-8-23(9-11-24)33-31(41)34-29(37)25-17-20-5-3-4-6-21(20)18-28(25)40-2/h3-12,17-19H,13-16H2,1-2H3,(H2,33,34,37,41). The Morgan fingerprint density at radius 2 is 1.46 bits per heavy atom. The lowest BCUT2D eigenvalue weighted by Crippen LogP contribution is -2.48. The van der Waals surface area contributed by atoms with Gasteiger partial charge in [-0.1, -0.05) is 35.9 Å². The number of amides is 2.